The minimum atomic E-state index is -0.586. The number of hydrogen-bond acceptors (Lipinski definition) is 5. The van der Waals surface area contributed by atoms with Gasteiger partial charge < -0.3 is 14.2 Å². The van der Waals surface area contributed by atoms with Crippen molar-refractivity contribution in [2.45, 2.75) is 69.3 Å². The molecular weight excluding hydrogens is 342 g/mol. The van der Waals surface area contributed by atoms with Crippen LogP contribution in [-0.2, 0) is 14.9 Å². The number of rotatable bonds is 6. The number of nitriles is 1. The second kappa shape index (κ2) is 8.65. The summed E-state index contributed by atoms with van der Waals surface area (Å²) < 4.78 is 16.5. The third kappa shape index (κ3) is 4.37. The molecule has 0 aromatic heterocycles. The molecule has 27 heavy (non-hydrogen) atoms. The van der Waals surface area contributed by atoms with Gasteiger partial charge in [-0.15, -0.1) is 0 Å². The van der Waals surface area contributed by atoms with Crippen LogP contribution in [0.4, 0.5) is 0 Å². The Morgan fingerprint density at radius 2 is 1.96 bits per heavy atom. The average Bonchev–Trinajstić information content (AvgIpc) is 3.21. The molecule has 1 aromatic rings. The molecule has 0 N–H and O–H groups in total. The van der Waals surface area contributed by atoms with Crippen LogP contribution in [0.1, 0.15) is 63.4 Å². The van der Waals surface area contributed by atoms with E-state index in [0.717, 1.165) is 43.4 Å². The molecule has 1 aromatic carbocycles. The number of ether oxygens (including phenoxy) is 3. The number of carbonyl (C=O) groups is 1. The van der Waals surface area contributed by atoms with E-state index in [1.807, 2.05) is 18.2 Å². The summed E-state index contributed by atoms with van der Waals surface area (Å²) in [5, 5.41) is 10.1. The Morgan fingerprint density at radius 1 is 1.19 bits per heavy atom. The van der Waals surface area contributed by atoms with Crippen LogP contribution < -0.4 is 9.47 Å². The summed E-state index contributed by atoms with van der Waals surface area (Å²) in [6, 6.07) is 8.43. The van der Waals surface area contributed by atoms with E-state index in [4.69, 9.17) is 14.2 Å². The summed E-state index contributed by atoms with van der Waals surface area (Å²) in [6.45, 7) is 0. The first kappa shape index (κ1) is 19.5. The molecule has 0 radical (unpaired) electrons. The van der Waals surface area contributed by atoms with Crippen molar-refractivity contribution in [2.24, 2.45) is 5.92 Å². The second-order valence-corrected chi connectivity index (χ2v) is 7.83. The minimum Gasteiger partial charge on any atom is -0.493 e. The molecular formula is C22H29NO4. The first-order valence-electron chi connectivity index (χ1n) is 9.93. The lowest BCUT2D eigenvalue weighted by Gasteiger charge is -2.36. The van der Waals surface area contributed by atoms with E-state index < -0.39 is 5.41 Å². The molecule has 2 aliphatic carbocycles. The van der Waals surface area contributed by atoms with Gasteiger partial charge >= 0.3 is 5.97 Å². The summed E-state index contributed by atoms with van der Waals surface area (Å²) in [7, 11) is 3.06. The lowest BCUT2D eigenvalue weighted by Crippen LogP contribution is -2.32. The molecule has 0 spiro atoms. The van der Waals surface area contributed by atoms with Crippen LogP contribution in [0.3, 0.4) is 0 Å². The molecule has 2 aliphatic rings. The van der Waals surface area contributed by atoms with Crippen LogP contribution >= 0.6 is 0 Å². The Balaban J connectivity index is 1.85. The molecule has 2 fully saturated rings. The molecule has 0 amide bonds. The Kier molecular flexibility index (Phi) is 6.26. The maximum Gasteiger partial charge on any atom is 0.305 e. The number of benzene rings is 1. The maximum absolute atomic E-state index is 11.7. The van der Waals surface area contributed by atoms with Gasteiger partial charge in [0, 0.05) is 6.42 Å². The third-order valence-corrected chi connectivity index (χ3v) is 6.06. The molecule has 0 saturated heterocycles. The van der Waals surface area contributed by atoms with Crippen molar-refractivity contribution in [1.82, 2.24) is 0 Å². The largest absolute Gasteiger partial charge is 0.493 e. The highest BCUT2D eigenvalue weighted by Crippen LogP contribution is 2.45. The molecule has 0 heterocycles. The number of hydrogen-bond donors (Lipinski definition) is 0. The third-order valence-electron chi connectivity index (χ3n) is 6.06. The Morgan fingerprint density at radius 3 is 2.63 bits per heavy atom. The topological polar surface area (TPSA) is 68.6 Å². The predicted molar refractivity (Wildman–Crippen MR) is 102 cm³/mol. The SMILES string of the molecule is COC(=O)CC1CCCC(C#N)(c2ccc(OC)c(OC3CCCC3)c2)C1. The number of nitrogens with zero attached hydrogens (tertiary/aromatic N) is 1. The minimum absolute atomic E-state index is 0.173. The van der Waals surface area contributed by atoms with E-state index in [-0.39, 0.29) is 18.0 Å². The zero-order valence-electron chi connectivity index (χ0n) is 16.3. The van der Waals surface area contributed by atoms with Crippen LogP contribution in [0.5, 0.6) is 11.5 Å². The van der Waals surface area contributed by atoms with Crippen LogP contribution in [-0.4, -0.2) is 26.3 Å². The molecule has 5 heteroatoms. The highest BCUT2D eigenvalue weighted by Gasteiger charge is 2.39. The molecule has 2 atom stereocenters. The Hall–Kier alpha value is -2.22. The molecule has 0 aliphatic heterocycles. The van der Waals surface area contributed by atoms with E-state index in [9.17, 15) is 10.1 Å². The smallest absolute Gasteiger partial charge is 0.305 e. The van der Waals surface area contributed by atoms with Crippen molar-refractivity contribution < 1.29 is 19.0 Å². The molecule has 2 unspecified atom stereocenters. The zero-order chi connectivity index (χ0) is 19.3. The molecule has 146 valence electrons. The van der Waals surface area contributed by atoms with Crippen molar-refractivity contribution in [3.05, 3.63) is 23.8 Å². The summed E-state index contributed by atoms with van der Waals surface area (Å²) in [5.41, 5.74) is 0.380. The zero-order valence-corrected chi connectivity index (χ0v) is 16.3. The van der Waals surface area contributed by atoms with Gasteiger partial charge in [-0.2, -0.15) is 5.26 Å². The standard InChI is InChI=1S/C22H29NO4/c1-25-19-10-9-17(13-20(19)27-18-7-3-4-8-18)22(15-23)11-5-6-16(14-22)12-21(24)26-2/h9-10,13,16,18H,3-8,11-12,14H2,1-2H3. The lowest BCUT2D eigenvalue weighted by atomic mass is 9.66. The van der Waals surface area contributed by atoms with Crippen LogP contribution in [0, 0.1) is 17.2 Å². The molecule has 3 rings (SSSR count). The first-order chi connectivity index (χ1) is 13.1. The van der Waals surface area contributed by atoms with Gasteiger partial charge in [0.15, 0.2) is 11.5 Å². The maximum atomic E-state index is 11.7. The highest BCUT2D eigenvalue weighted by atomic mass is 16.5. The van der Waals surface area contributed by atoms with Gasteiger partial charge in [0.2, 0.25) is 0 Å². The first-order valence-corrected chi connectivity index (χ1v) is 9.93. The highest BCUT2D eigenvalue weighted by molar-refractivity contribution is 5.69. The molecule has 5 nitrogen and oxygen atoms in total. The van der Waals surface area contributed by atoms with Gasteiger partial charge in [0.05, 0.1) is 31.8 Å². The van der Waals surface area contributed by atoms with Gasteiger partial charge in [-0.25, -0.2) is 0 Å². The van der Waals surface area contributed by atoms with Crippen molar-refractivity contribution in [2.75, 3.05) is 14.2 Å². The predicted octanol–water partition coefficient (Wildman–Crippen LogP) is 4.53. The van der Waals surface area contributed by atoms with Gasteiger partial charge in [0.25, 0.3) is 0 Å². The number of esters is 1. The van der Waals surface area contributed by atoms with Gasteiger partial charge in [0.1, 0.15) is 0 Å². The van der Waals surface area contributed by atoms with Crippen LogP contribution in [0.25, 0.3) is 0 Å². The number of carbonyl (C=O) groups excluding carboxylic acids is 1. The summed E-state index contributed by atoms with van der Waals surface area (Å²) >= 11 is 0. The summed E-state index contributed by atoms with van der Waals surface area (Å²) in [6.07, 6.45) is 8.50. The van der Waals surface area contributed by atoms with E-state index in [0.29, 0.717) is 18.6 Å². The van der Waals surface area contributed by atoms with Gasteiger partial charge in [-0.1, -0.05) is 12.5 Å². The Labute approximate surface area is 161 Å². The van der Waals surface area contributed by atoms with Crippen LogP contribution in [0.2, 0.25) is 0 Å². The quantitative estimate of drug-likeness (QED) is 0.687. The van der Waals surface area contributed by atoms with Crippen molar-refractivity contribution in [3.63, 3.8) is 0 Å². The lowest BCUT2D eigenvalue weighted by molar-refractivity contribution is -0.142. The fourth-order valence-electron chi connectivity index (χ4n) is 4.56. The Bertz CT molecular complexity index is 705. The molecule has 2 saturated carbocycles. The van der Waals surface area contributed by atoms with Gasteiger partial charge in [-0.3, -0.25) is 4.79 Å². The normalized spacial score (nSPS) is 25.6. The monoisotopic (exact) mass is 371 g/mol. The van der Waals surface area contributed by atoms with Crippen LogP contribution in [0.15, 0.2) is 18.2 Å². The van der Waals surface area contributed by atoms with Crippen molar-refractivity contribution >= 4 is 5.97 Å². The van der Waals surface area contributed by atoms with E-state index in [1.165, 1.54) is 20.0 Å². The fraction of sp³-hybridized carbons (Fsp3) is 0.636. The second-order valence-electron chi connectivity index (χ2n) is 7.83. The number of methoxy groups -OCH3 is 2. The fourth-order valence-corrected chi connectivity index (χ4v) is 4.56. The van der Waals surface area contributed by atoms with E-state index >= 15 is 0 Å². The average molecular weight is 371 g/mol. The van der Waals surface area contributed by atoms with Gasteiger partial charge in [-0.05, 0) is 68.6 Å². The van der Waals surface area contributed by atoms with Crippen molar-refractivity contribution in [1.29, 1.82) is 5.26 Å². The molecule has 0 bridgehead atoms. The van der Waals surface area contributed by atoms with E-state index in [1.54, 1.807) is 7.11 Å². The van der Waals surface area contributed by atoms with Crippen molar-refractivity contribution in [3.8, 4) is 17.6 Å². The van der Waals surface area contributed by atoms with E-state index in [2.05, 4.69) is 6.07 Å². The summed E-state index contributed by atoms with van der Waals surface area (Å²) in [4.78, 5) is 11.7. The summed E-state index contributed by atoms with van der Waals surface area (Å²) in [5.74, 6) is 1.41.